The summed E-state index contributed by atoms with van der Waals surface area (Å²) in [6, 6.07) is 17.7. The summed E-state index contributed by atoms with van der Waals surface area (Å²) in [4.78, 5) is 32.7. The lowest BCUT2D eigenvalue weighted by atomic mass is 9.99. The molecule has 2 aromatic heterocycles. The molecule has 0 atom stereocenters. The number of carboxylic acid groups (broad SMARTS) is 1. The quantitative estimate of drug-likeness (QED) is 0.413. The molecule has 8 nitrogen and oxygen atoms in total. The lowest BCUT2D eigenvalue weighted by molar-refractivity contribution is 0.142. The van der Waals surface area contributed by atoms with Gasteiger partial charge in [0, 0.05) is 36.2 Å². The second-order valence-corrected chi connectivity index (χ2v) is 9.44. The summed E-state index contributed by atoms with van der Waals surface area (Å²) in [5, 5.41) is 14.2. The lowest BCUT2D eigenvalue weighted by Crippen LogP contribution is -2.49. The first kappa shape index (κ1) is 23.0. The molecule has 178 valence electrons. The summed E-state index contributed by atoms with van der Waals surface area (Å²) in [6.07, 6.45) is -0.943. The standard InChI is InChI=1S/C26H24BrN5O3/c1-16-7-3-4-8-18(16)23-22-15-20(19-9-5-6-10-21(19)27)17(2)29-32(22)25(28-24(23)33)30-11-13-31(14-12-30)26(34)35/h3-10,15H,11-14H2,1-2H3,(H,34,35). The zero-order chi connectivity index (χ0) is 24.7. The number of halogens is 1. The van der Waals surface area contributed by atoms with Crippen LogP contribution < -0.4 is 10.5 Å². The van der Waals surface area contributed by atoms with E-state index < -0.39 is 6.09 Å². The lowest BCUT2D eigenvalue weighted by Gasteiger charge is -2.34. The van der Waals surface area contributed by atoms with Crippen LogP contribution in [0.1, 0.15) is 11.3 Å². The third-order valence-corrected chi connectivity index (χ3v) is 7.11. The highest BCUT2D eigenvalue weighted by Crippen LogP contribution is 2.34. The van der Waals surface area contributed by atoms with Crippen LogP contribution in [-0.4, -0.2) is 56.9 Å². The average Bonchev–Trinajstić information content (AvgIpc) is 2.85. The molecule has 2 aromatic carbocycles. The molecule has 35 heavy (non-hydrogen) atoms. The van der Waals surface area contributed by atoms with Crippen molar-refractivity contribution in [3.63, 3.8) is 0 Å². The Labute approximate surface area is 210 Å². The fourth-order valence-electron chi connectivity index (χ4n) is 4.56. The largest absolute Gasteiger partial charge is 0.465 e. The van der Waals surface area contributed by atoms with E-state index in [0.717, 1.165) is 32.4 Å². The molecule has 4 aromatic rings. The summed E-state index contributed by atoms with van der Waals surface area (Å²) >= 11 is 3.65. The van der Waals surface area contributed by atoms with Gasteiger partial charge in [0.05, 0.1) is 16.8 Å². The van der Waals surface area contributed by atoms with Gasteiger partial charge in [0.25, 0.3) is 5.56 Å². The van der Waals surface area contributed by atoms with Gasteiger partial charge in [-0.25, -0.2) is 4.79 Å². The number of anilines is 1. The number of fused-ring (bicyclic) bond motifs is 1. The van der Waals surface area contributed by atoms with Gasteiger partial charge < -0.3 is 14.9 Å². The van der Waals surface area contributed by atoms with Gasteiger partial charge in [-0.3, -0.25) is 4.79 Å². The molecule has 5 rings (SSSR count). The molecule has 1 saturated heterocycles. The van der Waals surface area contributed by atoms with Crippen molar-refractivity contribution < 1.29 is 9.90 Å². The predicted octanol–water partition coefficient (Wildman–Crippen LogP) is 4.60. The molecule has 1 N–H and O–H groups in total. The topological polar surface area (TPSA) is 91.0 Å². The summed E-state index contributed by atoms with van der Waals surface area (Å²) in [5.41, 5.74) is 5.29. The molecule has 1 aliphatic heterocycles. The highest BCUT2D eigenvalue weighted by molar-refractivity contribution is 9.10. The van der Waals surface area contributed by atoms with Crippen molar-refractivity contribution in [2.45, 2.75) is 13.8 Å². The molecule has 1 amide bonds. The molecule has 1 fully saturated rings. The van der Waals surface area contributed by atoms with Crippen LogP contribution in [0.2, 0.25) is 0 Å². The summed E-state index contributed by atoms with van der Waals surface area (Å²) in [5.74, 6) is 0.425. The van der Waals surface area contributed by atoms with Crippen LogP contribution in [0.25, 0.3) is 27.8 Å². The molecular weight excluding hydrogens is 510 g/mol. The van der Waals surface area contributed by atoms with Crippen LogP contribution in [0.4, 0.5) is 10.7 Å². The van der Waals surface area contributed by atoms with Gasteiger partial charge in [0.1, 0.15) is 0 Å². The van der Waals surface area contributed by atoms with Crippen molar-refractivity contribution in [2.75, 3.05) is 31.1 Å². The van der Waals surface area contributed by atoms with Gasteiger partial charge in [0.15, 0.2) is 0 Å². The highest BCUT2D eigenvalue weighted by atomic mass is 79.9. The van der Waals surface area contributed by atoms with Crippen LogP contribution in [-0.2, 0) is 0 Å². The van der Waals surface area contributed by atoms with Gasteiger partial charge in [-0.2, -0.15) is 14.6 Å². The Bertz CT molecular complexity index is 1510. The smallest absolute Gasteiger partial charge is 0.407 e. The second-order valence-electron chi connectivity index (χ2n) is 8.58. The van der Waals surface area contributed by atoms with E-state index in [4.69, 9.17) is 5.10 Å². The Morgan fingerprint density at radius 2 is 1.60 bits per heavy atom. The third kappa shape index (κ3) is 4.16. The van der Waals surface area contributed by atoms with E-state index in [1.54, 1.807) is 4.52 Å². The summed E-state index contributed by atoms with van der Waals surface area (Å²) < 4.78 is 2.67. The van der Waals surface area contributed by atoms with E-state index in [9.17, 15) is 14.7 Å². The minimum atomic E-state index is -0.943. The van der Waals surface area contributed by atoms with Gasteiger partial charge in [-0.1, -0.05) is 58.4 Å². The van der Waals surface area contributed by atoms with E-state index >= 15 is 0 Å². The molecule has 0 radical (unpaired) electrons. The van der Waals surface area contributed by atoms with Gasteiger partial charge in [-0.15, -0.1) is 0 Å². The van der Waals surface area contributed by atoms with Crippen molar-refractivity contribution in [3.8, 4) is 22.3 Å². The van der Waals surface area contributed by atoms with Crippen LogP contribution >= 0.6 is 15.9 Å². The monoisotopic (exact) mass is 533 g/mol. The third-order valence-electron chi connectivity index (χ3n) is 6.42. The van der Waals surface area contributed by atoms with E-state index in [2.05, 4.69) is 20.9 Å². The zero-order valence-corrected chi connectivity index (χ0v) is 21.0. The molecule has 0 unspecified atom stereocenters. The fraction of sp³-hybridized carbons (Fsp3) is 0.231. The molecule has 0 spiro atoms. The molecular formula is C26H24BrN5O3. The first-order chi connectivity index (χ1) is 16.8. The van der Waals surface area contributed by atoms with Crippen molar-refractivity contribution in [3.05, 3.63) is 80.7 Å². The molecule has 0 aliphatic carbocycles. The molecule has 0 saturated carbocycles. The first-order valence-corrected chi connectivity index (χ1v) is 12.1. The van der Waals surface area contributed by atoms with Crippen LogP contribution in [0.3, 0.4) is 0 Å². The van der Waals surface area contributed by atoms with E-state index in [1.165, 1.54) is 4.90 Å². The van der Waals surface area contributed by atoms with Crippen molar-refractivity contribution in [1.82, 2.24) is 19.5 Å². The van der Waals surface area contributed by atoms with Gasteiger partial charge >= 0.3 is 6.09 Å². The maximum absolute atomic E-state index is 13.5. The van der Waals surface area contributed by atoms with Gasteiger partial charge in [-0.05, 0) is 42.7 Å². The Kier molecular flexibility index (Phi) is 6.02. The first-order valence-electron chi connectivity index (χ1n) is 11.3. The van der Waals surface area contributed by atoms with Crippen molar-refractivity contribution in [2.24, 2.45) is 0 Å². The number of benzene rings is 2. The summed E-state index contributed by atoms with van der Waals surface area (Å²) in [6.45, 7) is 5.43. The number of hydrogen-bond acceptors (Lipinski definition) is 5. The van der Waals surface area contributed by atoms with Crippen molar-refractivity contribution in [1.29, 1.82) is 0 Å². The highest BCUT2D eigenvalue weighted by Gasteiger charge is 2.26. The van der Waals surface area contributed by atoms with Crippen LogP contribution in [0, 0.1) is 13.8 Å². The number of hydrogen-bond donors (Lipinski definition) is 1. The maximum Gasteiger partial charge on any atom is 0.407 e. The Morgan fingerprint density at radius 1 is 0.943 bits per heavy atom. The molecule has 3 heterocycles. The SMILES string of the molecule is Cc1ccccc1-c1c(=O)nc(N2CCN(C(=O)O)CC2)n2nc(C)c(-c3ccccc3Br)cc12. The fourth-order valence-corrected chi connectivity index (χ4v) is 5.05. The van der Waals surface area contributed by atoms with Crippen LogP contribution in [0.15, 0.2) is 63.9 Å². The molecule has 9 heteroatoms. The summed E-state index contributed by atoms with van der Waals surface area (Å²) in [7, 11) is 0. The van der Waals surface area contributed by atoms with Gasteiger partial charge in [0.2, 0.25) is 5.95 Å². The normalized spacial score (nSPS) is 13.9. The Balaban J connectivity index is 1.77. The number of aromatic nitrogens is 3. The van der Waals surface area contributed by atoms with E-state index in [1.807, 2.05) is 73.3 Å². The van der Waals surface area contributed by atoms with E-state index in [0.29, 0.717) is 43.2 Å². The number of nitrogens with zero attached hydrogens (tertiary/aromatic N) is 5. The van der Waals surface area contributed by atoms with Crippen molar-refractivity contribution >= 4 is 33.5 Å². The molecule has 1 aliphatic rings. The zero-order valence-electron chi connectivity index (χ0n) is 19.4. The number of piperazine rings is 1. The average molecular weight is 534 g/mol. The minimum Gasteiger partial charge on any atom is -0.465 e. The predicted molar refractivity (Wildman–Crippen MR) is 139 cm³/mol. The minimum absolute atomic E-state index is 0.334. The second kappa shape index (κ2) is 9.14. The maximum atomic E-state index is 13.5. The number of amides is 1. The Hall–Kier alpha value is -3.72. The number of carbonyl (C=O) groups is 1. The molecule has 0 bridgehead atoms. The van der Waals surface area contributed by atoms with E-state index in [-0.39, 0.29) is 5.56 Å². The number of rotatable bonds is 3. The van der Waals surface area contributed by atoms with Crippen LogP contribution in [0.5, 0.6) is 0 Å². The number of aryl methyl sites for hydroxylation is 2. The Morgan fingerprint density at radius 3 is 2.26 bits per heavy atom.